The number of nitrogens with one attached hydrogen (secondary N) is 1. The van der Waals surface area contributed by atoms with Gasteiger partial charge in [0, 0.05) is 31.4 Å². The molecule has 0 aliphatic rings. The van der Waals surface area contributed by atoms with E-state index >= 15 is 0 Å². The Hall–Kier alpha value is -2.48. The first-order valence-electron chi connectivity index (χ1n) is 6.44. The summed E-state index contributed by atoms with van der Waals surface area (Å²) in [6, 6.07) is 2.72. The molecule has 0 bridgehead atoms. The first-order chi connectivity index (χ1) is 10.5. The van der Waals surface area contributed by atoms with Crippen molar-refractivity contribution in [3.63, 3.8) is 0 Å². The van der Waals surface area contributed by atoms with E-state index in [-0.39, 0.29) is 5.56 Å². The van der Waals surface area contributed by atoms with Crippen molar-refractivity contribution < 1.29 is 14.3 Å². The standard InChI is InChI=1S/C14H16N4O3S/c1-18(2)14-15-7-9(8-16-14)12(19)17-11(13(20)21-3)10-5-4-6-22-10/h4-8,11H,1-3H3,(H,17,19). The SMILES string of the molecule is COC(=O)C(NC(=O)c1cnc(N(C)C)nc1)c1cccs1. The topological polar surface area (TPSA) is 84.4 Å². The molecule has 22 heavy (non-hydrogen) atoms. The summed E-state index contributed by atoms with van der Waals surface area (Å²) < 4.78 is 4.74. The number of carbonyl (C=O) groups excluding carboxylic acids is 2. The maximum atomic E-state index is 12.2. The molecule has 0 aromatic carbocycles. The number of hydrogen-bond donors (Lipinski definition) is 1. The summed E-state index contributed by atoms with van der Waals surface area (Å²) in [4.78, 5) is 34.7. The molecule has 116 valence electrons. The van der Waals surface area contributed by atoms with Crippen LogP contribution in [0.5, 0.6) is 0 Å². The molecule has 1 atom stereocenters. The van der Waals surface area contributed by atoms with Crippen molar-refractivity contribution in [2.24, 2.45) is 0 Å². The lowest BCUT2D eigenvalue weighted by atomic mass is 10.2. The second-order valence-electron chi connectivity index (χ2n) is 4.61. The maximum absolute atomic E-state index is 12.2. The average molecular weight is 320 g/mol. The lowest BCUT2D eigenvalue weighted by Crippen LogP contribution is -2.34. The molecule has 0 spiro atoms. The zero-order valence-corrected chi connectivity index (χ0v) is 13.3. The van der Waals surface area contributed by atoms with Crippen LogP contribution in [0.15, 0.2) is 29.9 Å². The Balaban J connectivity index is 2.16. The van der Waals surface area contributed by atoms with Crippen molar-refractivity contribution in [2.75, 3.05) is 26.1 Å². The second-order valence-corrected chi connectivity index (χ2v) is 5.59. The maximum Gasteiger partial charge on any atom is 0.333 e. The highest BCUT2D eigenvalue weighted by Gasteiger charge is 2.25. The largest absolute Gasteiger partial charge is 0.467 e. The van der Waals surface area contributed by atoms with Crippen LogP contribution in [0, 0.1) is 0 Å². The van der Waals surface area contributed by atoms with Gasteiger partial charge in [-0.3, -0.25) is 4.79 Å². The van der Waals surface area contributed by atoms with Gasteiger partial charge in [0.05, 0.1) is 12.7 Å². The third-order valence-corrected chi connectivity index (χ3v) is 3.78. The highest BCUT2D eigenvalue weighted by Crippen LogP contribution is 2.20. The van der Waals surface area contributed by atoms with Crippen molar-refractivity contribution >= 4 is 29.2 Å². The van der Waals surface area contributed by atoms with Crippen LogP contribution in [0.1, 0.15) is 21.3 Å². The number of nitrogens with zero attached hydrogens (tertiary/aromatic N) is 3. The fourth-order valence-electron chi connectivity index (χ4n) is 1.70. The fourth-order valence-corrected chi connectivity index (χ4v) is 2.47. The normalized spacial score (nSPS) is 11.6. The monoisotopic (exact) mass is 320 g/mol. The number of amides is 1. The first kappa shape index (κ1) is 15.9. The van der Waals surface area contributed by atoms with Crippen LogP contribution in [0.2, 0.25) is 0 Å². The smallest absolute Gasteiger partial charge is 0.333 e. The number of aromatic nitrogens is 2. The summed E-state index contributed by atoms with van der Waals surface area (Å²) in [5, 5.41) is 4.46. The summed E-state index contributed by atoms with van der Waals surface area (Å²) in [5.41, 5.74) is 0.274. The molecule has 0 saturated carbocycles. The lowest BCUT2D eigenvalue weighted by Gasteiger charge is -2.15. The van der Waals surface area contributed by atoms with Gasteiger partial charge in [0.15, 0.2) is 6.04 Å². The zero-order valence-electron chi connectivity index (χ0n) is 12.4. The van der Waals surface area contributed by atoms with E-state index in [9.17, 15) is 9.59 Å². The van der Waals surface area contributed by atoms with Gasteiger partial charge in [-0.25, -0.2) is 14.8 Å². The molecule has 1 unspecified atom stereocenters. The summed E-state index contributed by atoms with van der Waals surface area (Å²) in [6.07, 6.45) is 2.83. The number of anilines is 1. The van der Waals surface area contributed by atoms with Crippen molar-refractivity contribution in [1.82, 2.24) is 15.3 Å². The lowest BCUT2D eigenvalue weighted by molar-refractivity contribution is -0.143. The van der Waals surface area contributed by atoms with Gasteiger partial charge in [0.25, 0.3) is 5.91 Å². The van der Waals surface area contributed by atoms with Gasteiger partial charge >= 0.3 is 5.97 Å². The Morgan fingerprint density at radius 1 is 1.32 bits per heavy atom. The molecular weight excluding hydrogens is 304 g/mol. The third-order valence-electron chi connectivity index (χ3n) is 2.84. The highest BCUT2D eigenvalue weighted by molar-refractivity contribution is 7.10. The van der Waals surface area contributed by atoms with E-state index in [1.165, 1.54) is 30.8 Å². The van der Waals surface area contributed by atoms with Crippen LogP contribution in [-0.4, -0.2) is 43.0 Å². The molecule has 2 heterocycles. The van der Waals surface area contributed by atoms with E-state index in [0.29, 0.717) is 10.8 Å². The van der Waals surface area contributed by atoms with E-state index < -0.39 is 17.9 Å². The summed E-state index contributed by atoms with van der Waals surface area (Å²) in [5.74, 6) is -0.463. The third kappa shape index (κ3) is 3.59. The Morgan fingerprint density at radius 2 is 2.00 bits per heavy atom. The van der Waals surface area contributed by atoms with Gasteiger partial charge in [0.2, 0.25) is 5.95 Å². The van der Waals surface area contributed by atoms with E-state index in [1.807, 2.05) is 5.38 Å². The van der Waals surface area contributed by atoms with Gasteiger partial charge in [0.1, 0.15) is 0 Å². The number of ether oxygens (including phenoxy) is 1. The summed E-state index contributed by atoms with van der Waals surface area (Å²) >= 11 is 1.36. The number of rotatable bonds is 5. The summed E-state index contributed by atoms with van der Waals surface area (Å²) in [7, 11) is 4.89. The molecule has 2 aromatic rings. The van der Waals surface area contributed by atoms with Crippen molar-refractivity contribution in [1.29, 1.82) is 0 Å². The molecule has 0 radical (unpaired) electrons. The predicted molar refractivity (Wildman–Crippen MR) is 82.9 cm³/mol. The first-order valence-corrected chi connectivity index (χ1v) is 7.32. The quantitative estimate of drug-likeness (QED) is 0.835. The number of methoxy groups -OCH3 is 1. The predicted octanol–water partition coefficient (Wildman–Crippen LogP) is 1.25. The molecule has 7 nitrogen and oxygen atoms in total. The molecule has 0 aliphatic carbocycles. The van der Waals surface area contributed by atoms with Gasteiger partial charge in [-0.1, -0.05) is 6.07 Å². The molecule has 0 aliphatic heterocycles. The van der Waals surface area contributed by atoms with E-state index in [4.69, 9.17) is 4.74 Å². The number of carbonyl (C=O) groups is 2. The minimum absolute atomic E-state index is 0.274. The van der Waals surface area contributed by atoms with Crippen molar-refractivity contribution in [3.8, 4) is 0 Å². The Bertz CT molecular complexity index is 641. The highest BCUT2D eigenvalue weighted by atomic mass is 32.1. The molecule has 2 rings (SSSR count). The Labute approximate surface area is 132 Å². The number of thiophene rings is 1. The van der Waals surface area contributed by atoms with Crippen molar-refractivity contribution in [2.45, 2.75) is 6.04 Å². The minimum Gasteiger partial charge on any atom is -0.467 e. The molecule has 0 saturated heterocycles. The van der Waals surface area contributed by atoms with Crippen LogP contribution in [-0.2, 0) is 9.53 Å². The van der Waals surface area contributed by atoms with Gasteiger partial charge < -0.3 is 15.0 Å². The molecule has 0 fully saturated rings. The summed E-state index contributed by atoms with van der Waals surface area (Å²) in [6.45, 7) is 0. The van der Waals surface area contributed by atoms with Gasteiger partial charge in [-0.2, -0.15) is 0 Å². The fraction of sp³-hybridized carbons (Fsp3) is 0.286. The van der Waals surface area contributed by atoms with Gasteiger partial charge in [-0.15, -0.1) is 11.3 Å². The second kappa shape index (κ2) is 6.99. The van der Waals surface area contributed by atoms with Crippen LogP contribution in [0.3, 0.4) is 0 Å². The average Bonchev–Trinajstić information content (AvgIpc) is 3.05. The van der Waals surface area contributed by atoms with Crippen LogP contribution < -0.4 is 10.2 Å². The minimum atomic E-state index is -0.842. The van der Waals surface area contributed by atoms with Crippen molar-refractivity contribution in [3.05, 3.63) is 40.3 Å². The molecular formula is C14H16N4O3S. The molecule has 2 aromatic heterocycles. The van der Waals surface area contributed by atoms with Crippen LogP contribution >= 0.6 is 11.3 Å². The van der Waals surface area contributed by atoms with Gasteiger partial charge in [-0.05, 0) is 11.4 Å². The molecule has 1 amide bonds. The Kier molecular flexibility index (Phi) is 5.05. The molecule has 1 N–H and O–H groups in total. The van der Waals surface area contributed by atoms with E-state index in [2.05, 4.69) is 15.3 Å². The number of hydrogen-bond acceptors (Lipinski definition) is 7. The Morgan fingerprint density at radius 3 is 2.50 bits per heavy atom. The van der Waals surface area contributed by atoms with Crippen LogP contribution in [0.4, 0.5) is 5.95 Å². The zero-order chi connectivity index (χ0) is 16.1. The van der Waals surface area contributed by atoms with E-state index in [0.717, 1.165) is 0 Å². The van der Waals surface area contributed by atoms with E-state index in [1.54, 1.807) is 31.1 Å². The van der Waals surface area contributed by atoms with Crippen LogP contribution in [0.25, 0.3) is 0 Å². The molecule has 8 heteroatoms. The number of esters is 1.